The van der Waals surface area contributed by atoms with Crippen molar-refractivity contribution < 1.29 is 4.79 Å². The van der Waals surface area contributed by atoms with Crippen LogP contribution in [0, 0.1) is 0 Å². The minimum Gasteiger partial charge on any atom is -0.397 e. The molecule has 0 radical (unpaired) electrons. The molecular weight excluding hydrogens is 295 g/mol. The van der Waals surface area contributed by atoms with Gasteiger partial charge < -0.3 is 10.7 Å². The number of benzene rings is 2. The summed E-state index contributed by atoms with van der Waals surface area (Å²) in [5.74, 6) is -0.182. The number of rotatable bonds is 2. The zero-order valence-electron chi connectivity index (χ0n) is 10.3. The molecule has 1 heterocycles. The van der Waals surface area contributed by atoms with Crippen molar-refractivity contribution in [3.8, 4) is 0 Å². The van der Waals surface area contributed by atoms with Crippen LogP contribution in [0.1, 0.15) is 15.9 Å². The zero-order valence-corrected chi connectivity index (χ0v) is 11.8. The lowest BCUT2D eigenvalue weighted by atomic mass is 10.0. The number of nitrogen functional groups attached to an aromatic ring is 1. The van der Waals surface area contributed by atoms with Crippen molar-refractivity contribution in [1.29, 1.82) is 0 Å². The smallest absolute Gasteiger partial charge is 0.197 e. The van der Waals surface area contributed by atoms with E-state index in [0.29, 0.717) is 21.2 Å². The third-order valence-corrected chi connectivity index (χ3v) is 3.85. The summed E-state index contributed by atoms with van der Waals surface area (Å²) in [6, 6.07) is 10.4. The van der Waals surface area contributed by atoms with Crippen LogP contribution in [0.2, 0.25) is 10.0 Å². The van der Waals surface area contributed by atoms with E-state index in [-0.39, 0.29) is 11.5 Å². The Morgan fingerprint density at radius 2 is 1.70 bits per heavy atom. The van der Waals surface area contributed by atoms with Crippen LogP contribution in [0.25, 0.3) is 10.9 Å². The van der Waals surface area contributed by atoms with Crippen molar-refractivity contribution in [1.82, 2.24) is 4.98 Å². The summed E-state index contributed by atoms with van der Waals surface area (Å²) in [4.78, 5) is 15.6. The lowest BCUT2D eigenvalue weighted by Gasteiger charge is -2.05. The largest absolute Gasteiger partial charge is 0.397 e. The molecular formula is C15H10Cl2N2O. The molecule has 3 N–H and O–H groups in total. The molecule has 0 bridgehead atoms. The number of para-hydroxylation sites is 2. The Labute approximate surface area is 125 Å². The van der Waals surface area contributed by atoms with Crippen LogP contribution in [-0.2, 0) is 0 Å². The molecule has 5 heteroatoms. The third kappa shape index (κ3) is 1.96. The van der Waals surface area contributed by atoms with Crippen LogP contribution < -0.4 is 5.73 Å². The lowest BCUT2D eigenvalue weighted by Crippen LogP contribution is -2.05. The highest BCUT2D eigenvalue weighted by atomic mass is 35.5. The number of halogens is 2. The first-order chi connectivity index (χ1) is 9.59. The first kappa shape index (κ1) is 13.0. The van der Waals surface area contributed by atoms with E-state index in [9.17, 15) is 4.79 Å². The third-order valence-electron chi connectivity index (χ3n) is 3.21. The number of nitrogens with two attached hydrogens (primary N) is 1. The minimum atomic E-state index is -0.182. The Kier molecular flexibility index (Phi) is 3.16. The normalized spacial score (nSPS) is 10.9. The molecule has 0 saturated heterocycles. The molecule has 0 aliphatic heterocycles. The fraction of sp³-hybridized carbons (Fsp3) is 0. The number of nitrogens with one attached hydrogen (secondary N) is 1. The first-order valence-electron chi connectivity index (χ1n) is 5.94. The maximum atomic E-state index is 12.6. The number of aromatic amines is 1. The summed E-state index contributed by atoms with van der Waals surface area (Å²) < 4.78 is 0. The number of H-pyrrole nitrogens is 1. The quantitative estimate of drug-likeness (QED) is 0.548. The number of fused-ring (bicyclic) bond motifs is 1. The van der Waals surface area contributed by atoms with Gasteiger partial charge in [0.15, 0.2) is 5.78 Å². The van der Waals surface area contributed by atoms with Gasteiger partial charge in [-0.2, -0.15) is 0 Å². The van der Waals surface area contributed by atoms with Gasteiger partial charge in [-0.25, -0.2) is 0 Å². The second kappa shape index (κ2) is 4.85. The fourth-order valence-electron chi connectivity index (χ4n) is 2.19. The van der Waals surface area contributed by atoms with Gasteiger partial charge in [0.2, 0.25) is 0 Å². The van der Waals surface area contributed by atoms with E-state index in [1.165, 1.54) is 0 Å². The van der Waals surface area contributed by atoms with E-state index in [2.05, 4.69) is 4.98 Å². The molecule has 0 saturated carbocycles. The molecule has 3 rings (SSSR count). The Morgan fingerprint density at radius 3 is 2.50 bits per heavy atom. The van der Waals surface area contributed by atoms with E-state index in [4.69, 9.17) is 28.9 Å². The molecule has 0 aliphatic rings. The molecule has 0 unspecified atom stereocenters. The standard InChI is InChI=1S/C15H10Cl2N2O/c16-11-5-2-4-9(13(11)18)15(20)10-7-19-14-8(10)3-1-6-12(14)17/h1-7,19H,18H2. The summed E-state index contributed by atoms with van der Waals surface area (Å²) in [6.45, 7) is 0. The van der Waals surface area contributed by atoms with Crippen molar-refractivity contribution in [3.63, 3.8) is 0 Å². The van der Waals surface area contributed by atoms with Gasteiger partial charge in [-0.05, 0) is 18.2 Å². The number of carbonyl (C=O) groups excluding carboxylic acids is 1. The second-order valence-electron chi connectivity index (χ2n) is 4.39. The number of carbonyl (C=O) groups is 1. The monoisotopic (exact) mass is 304 g/mol. The number of ketones is 1. The SMILES string of the molecule is Nc1c(Cl)cccc1C(=O)c1c[nH]c2c(Cl)cccc12. The molecule has 20 heavy (non-hydrogen) atoms. The molecule has 3 aromatic rings. The van der Waals surface area contributed by atoms with Gasteiger partial charge in [0.1, 0.15) is 0 Å². The number of hydrogen-bond donors (Lipinski definition) is 2. The van der Waals surface area contributed by atoms with Crippen LogP contribution in [0.3, 0.4) is 0 Å². The minimum absolute atomic E-state index is 0.182. The van der Waals surface area contributed by atoms with Gasteiger partial charge in [0.25, 0.3) is 0 Å². The van der Waals surface area contributed by atoms with E-state index < -0.39 is 0 Å². The molecule has 0 amide bonds. The van der Waals surface area contributed by atoms with Crippen LogP contribution in [0.5, 0.6) is 0 Å². The lowest BCUT2D eigenvalue weighted by molar-refractivity contribution is 0.104. The van der Waals surface area contributed by atoms with Crippen molar-refractivity contribution in [2.24, 2.45) is 0 Å². The van der Waals surface area contributed by atoms with E-state index in [1.807, 2.05) is 6.07 Å². The van der Waals surface area contributed by atoms with E-state index in [1.54, 1.807) is 36.5 Å². The molecule has 0 atom stereocenters. The number of aromatic nitrogens is 1. The molecule has 100 valence electrons. The average Bonchev–Trinajstić information content (AvgIpc) is 2.86. The molecule has 0 aliphatic carbocycles. The second-order valence-corrected chi connectivity index (χ2v) is 5.21. The predicted octanol–water partition coefficient (Wildman–Crippen LogP) is 4.29. The van der Waals surface area contributed by atoms with Crippen LogP contribution in [-0.4, -0.2) is 10.8 Å². The molecule has 1 aromatic heterocycles. The summed E-state index contributed by atoms with van der Waals surface area (Å²) >= 11 is 12.0. The number of anilines is 1. The zero-order chi connectivity index (χ0) is 14.3. The van der Waals surface area contributed by atoms with Gasteiger partial charge in [-0.15, -0.1) is 0 Å². The summed E-state index contributed by atoms with van der Waals surface area (Å²) in [6.07, 6.45) is 1.64. The van der Waals surface area contributed by atoms with Crippen LogP contribution in [0.4, 0.5) is 5.69 Å². The van der Waals surface area contributed by atoms with Gasteiger partial charge in [0.05, 0.1) is 21.2 Å². The van der Waals surface area contributed by atoms with Crippen LogP contribution >= 0.6 is 23.2 Å². The van der Waals surface area contributed by atoms with Gasteiger partial charge in [-0.1, -0.05) is 41.4 Å². The summed E-state index contributed by atoms with van der Waals surface area (Å²) in [5.41, 5.74) is 7.81. The Hall–Kier alpha value is -1.97. The predicted molar refractivity (Wildman–Crippen MR) is 82.6 cm³/mol. The van der Waals surface area contributed by atoms with E-state index >= 15 is 0 Å². The number of hydrogen-bond acceptors (Lipinski definition) is 2. The summed E-state index contributed by atoms with van der Waals surface area (Å²) in [5, 5.41) is 1.70. The van der Waals surface area contributed by atoms with Crippen molar-refractivity contribution in [2.75, 3.05) is 5.73 Å². The Morgan fingerprint density at radius 1 is 1.00 bits per heavy atom. The maximum Gasteiger partial charge on any atom is 0.197 e. The molecule has 0 spiro atoms. The fourth-order valence-corrected chi connectivity index (χ4v) is 2.59. The van der Waals surface area contributed by atoms with Gasteiger partial charge in [0, 0.05) is 22.7 Å². The van der Waals surface area contributed by atoms with Crippen molar-refractivity contribution >= 4 is 45.6 Å². The molecule has 0 fully saturated rings. The van der Waals surface area contributed by atoms with Crippen LogP contribution in [0.15, 0.2) is 42.6 Å². The molecule has 2 aromatic carbocycles. The van der Waals surface area contributed by atoms with Crippen molar-refractivity contribution in [3.05, 3.63) is 63.8 Å². The van der Waals surface area contributed by atoms with Gasteiger partial charge >= 0.3 is 0 Å². The van der Waals surface area contributed by atoms with Gasteiger partial charge in [-0.3, -0.25) is 4.79 Å². The maximum absolute atomic E-state index is 12.6. The van der Waals surface area contributed by atoms with Crippen molar-refractivity contribution in [2.45, 2.75) is 0 Å². The first-order valence-corrected chi connectivity index (χ1v) is 6.69. The highest BCUT2D eigenvalue weighted by Gasteiger charge is 2.18. The molecule has 3 nitrogen and oxygen atoms in total. The summed E-state index contributed by atoms with van der Waals surface area (Å²) in [7, 11) is 0. The average molecular weight is 305 g/mol. The Bertz CT molecular complexity index is 824. The highest BCUT2D eigenvalue weighted by Crippen LogP contribution is 2.29. The topological polar surface area (TPSA) is 58.9 Å². The Balaban J connectivity index is 2.18. The van der Waals surface area contributed by atoms with E-state index in [0.717, 1.165) is 10.9 Å². The highest BCUT2D eigenvalue weighted by molar-refractivity contribution is 6.36.